The van der Waals surface area contributed by atoms with Gasteiger partial charge in [-0.25, -0.2) is 4.98 Å². The van der Waals surface area contributed by atoms with Crippen LogP contribution in [0.25, 0.3) is 11.2 Å². The number of fused-ring (bicyclic) bond motifs is 1. The van der Waals surface area contributed by atoms with Gasteiger partial charge in [-0.3, -0.25) is 4.57 Å². The monoisotopic (exact) mass is 299 g/mol. The van der Waals surface area contributed by atoms with Gasteiger partial charge >= 0.3 is 0 Å². The lowest BCUT2D eigenvalue weighted by molar-refractivity contribution is -0.0511. The number of ether oxygens (including phenoxy) is 1. The number of nitrogens with zero attached hydrogens (tertiary/aromatic N) is 3. The molecule has 2 aromatic heterocycles. The molecular weight excluding hydrogens is 286 g/mol. The van der Waals surface area contributed by atoms with Crippen LogP contribution in [0.4, 0.5) is 5.95 Å². The number of aliphatic hydroxyl groups excluding tert-OH is 3. The van der Waals surface area contributed by atoms with Crippen LogP contribution >= 0.6 is 12.2 Å². The number of aromatic amines is 1. The molecule has 0 aromatic carbocycles. The lowest BCUT2D eigenvalue weighted by Crippen LogP contribution is -2.33. The minimum absolute atomic E-state index is 0.107. The summed E-state index contributed by atoms with van der Waals surface area (Å²) in [6.45, 7) is -0.406. The number of hydrogen-bond acceptors (Lipinski definition) is 8. The zero-order chi connectivity index (χ0) is 14.4. The van der Waals surface area contributed by atoms with E-state index in [9.17, 15) is 10.2 Å². The third-order valence-electron chi connectivity index (χ3n) is 3.24. The average molecular weight is 299 g/mol. The molecule has 0 aliphatic carbocycles. The molecule has 10 heteroatoms. The summed E-state index contributed by atoms with van der Waals surface area (Å²) in [6.07, 6.45) is -2.82. The van der Waals surface area contributed by atoms with Crippen molar-refractivity contribution in [2.75, 3.05) is 12.3 Å². The zero-order valence-electron chi connectivity index (χ0n) is 10.2. The molecule has 1 saturated heterocycles. The largest absolute Gasteiger partial charge is 0.394 e. The zero-order valence-corrected chi connectivity index (χ0v) is 11.0. The molecule has 3 rings (SSSR count). The van der Waals surface area contributed by atoms with Gasteiger partial charge in [-0.05, 0) is 0 Å². The summed E-state index contributed by atoms with van der Waals surface area (Å²) in [5.74, 6) is 0.107. The first-order valence-corrected chi connectivity index (χ1v) is 6.28. The van der Waals surface area contributed by atoms with Gasteiger partial charge in [-0.15, -0.1) is 0 Å². The van der Waals surface area contributed by atoms with Crippen LogP contribution in [0, 0.1) is 4.64 Å². The molecule has 0 saturated carbocycles. The Morgan fingerprint density at radius 2 is 2.20 bits per heavy atom. The molecule has 20 heavy (non-hydrogen) atoms. The van der Waals surface area contributed by atoms with Crippen LogP contribution in [0.3, 0.4) is 0 Å². The third kappa shape index (κ3) is 1.89. The number of hydrogen-bond donors (Lipinski definition) is 5. The summed E-state index contributed by atoms with van der Waals surface area (Å²) < 4.78 is 7.16. The summed E-state index contributed by atoms with van der Waals surface area (Å²) >= 11 is 5.08. The fourth-order valence-electron chi connectivity index (χ4n) is 2.24. The van der Waals surface area contributed by atoms with Crippen LogP contribution in [-0.4, -0.2) is 59.8 Å². The maximum Gasteiger partial charge on any atom is 0.200 e. The average Bonchev–Trinajstić information content (AvgIpc) is 2.93. The standard InChI is InChI=1S/C10H13N5O4S/c11-10-13-7-4(8(20)14-10)12-2-15(7)9-6(18)5(17)3(1-16)19-9/h2-3,5-6,9,16-18H,1H2,(H3,11,13,14,20)/t3-,5+,6?,9-/m1/s1. The van der Waals surface area contributed by atoms with Gasteiger partial charge < -0.3 is 30.8 Å². The van der Waals surface area contributed by atoms with Gasteiger partial charge in [-0.1, -0.05) is 12.2 Å². The van der Waals surface area contributed by atoms with E-state index in [0.717, 1.165) is 0 Å². The first-order valence-electron chi connectivity index (χ1n) is 5.87. The Morgan fingerprint density at radius 3 is 2.85 bits per heavy atom. The highest BCUT2D eigenvalue weighted by Gasteiger charge is 2.43. The molecule has 6 N–H and O–H groups in total. The Labute approximate surface area is 117 Å². The third-order valence-corrected chi connectivity index (χ3v) is 3.54. The summed E-state index contributed by atoms with van der Waals surface area (Å²) in [4.78, 5) is 10.8. The smallest absolute Gasteiger partial charge is 0.200 e. The van der Waals surface area contributed by atoms with E-state index in [4.69, 9.17) is 27.8 Å². The Balaban J connectivity index is 2.09. The SMILES string of the molecule is Nc1nc2c(ncn2[C@@H]2O[C@H](CO)[C@H](O)C2O)c(=S)[nH]1. The normalized spacial score (nSPS) is 30.1. The number of H-pyrrole nitrogens is 1. The van der Waals surface area contributed by atoms with Gasteiger partial charge in [0.25, 0.3) is 0 Å². The molecule has 4 atom stereocenters. The van der Waals surface area contributed by atoms with Crippen molar-refractivity contribution >= 4 is 29.3 Å². The Bertz CT molecular complexity index is 701. The van der Waals surface area contributed by atoms with Crippen molar-refractivity contribution in [3.8, 4) is 0 Å². The number of nitrogens with two attached hydrogens (primary N) is 1. The molecule has 3 heterocycles. The summed E-state index contributed by atoms with van der Waals surface area (Å²) in [5.41, 5.74) is 6.34. The topological polar surface area (TPSA) is 142 Å². The molecule has 1 aliphatic rings. The van der Waals surface area contributed by atoms with Crippen LogP contribution in [0.15, 0.2) is 6.33 Å². The van der Waals surface area contributed by atoms with Crippen molar-refractivity contribution in [3.63, 3.8) is 0 Å². The van der Waals surface area contributed by atoms with Crippen LogP contribution in [0.1, 0.15) is 6.23 Å². The van der Waals surface area contributed by atoms with E-state index in [1.165, 1.54) is 10.9 Å². The van der Waals surface area contributed by atoms with E-state index >= 15 is 0 Å². The fourth-order valence-corrected chi connectivity index (χ4v) is 2.49. The number of imidazole rings is 1. The van der Waals surface area contributed by atoms with Crippen molar-refractivity contribution < 1.29 is 20.1 Å². The van der Waals surface area contributed by atoms with E-state index in [0.29, 0.717) is 15.8 Å². The maximum absolute atomic E-state index is 10.0. The Kier molecular flexibility index (Phi) is 3.18. The van der Waals surface area contributed by atoms with Crippen molar-refractivity contribution in [1.82, 2.24) is 19.5 Å². The number of nitrogens with one attached hydrogen (secondary N) is 1. The van der Waals surface area contributed by atoms with Crippen molar-refractivity contribution in [3.05, 3.63) is 11.0 Å². The molecule has 1 aliphatic heterocycles. The Hall–Kier alpha value is -1.59. The molecule has 0 amide bonds. The molecule has 0 radical (unpaired) electrons. The van der Waals surface area contributed by atoms with Gasteiger partial charge in [0.15, 0.2) is 11.9 Å². The molecule has 2 aromatic rings. The maximum atomic E-state index is 10.0. The van der Waals surface area contributed by atoms with Crippen LogP contribution in [0.5, 0.6) is 0 Å². The van der Waals surface area contributed by atoms with E-state index < -0.39 is 31.1 Å². The van der Waals surface area contributed by atoms with Gasteiger partial charge in [0.05, 0.1) is 12.9 Å². The van der Waals surface area contributed by atoms with Crippen molar-refractivity contribution in [1.29, 1.82) is 0 Å². The van der Waals surface area contributed by atoms with E-state index in [1.54, 1.807) is 0 Å². The number of anilines is 1. The first-order chi connectivity index (χ1) is 9.52. The van der Waals surface area contributed by atoms with E-state index in [1.807, 2.05) is 0 Å². The molecule has 108 valence electrons. The second-order valence-corrected chi connectivity index (χ2v) is 4.91. The second kappa shape index (κ2) is 4.75. The van der Waals surface area contributed by atoms with Gasteiger partial charge in [-0.2, -0.15) is 4.98 Å². The highest BCUT2D eigenvalue weighted by atomic mass is 32.1. The summed E-state index contributed by atoms with van der Waals surface area (Å²) in [5, 5.41) is 28.9. The molecular formula is C10H13N5O4S. The van der Waals surface area contributed by atoms with Gasteiger partial charge in [0.2, 0.25) is 5.95 Å². The molecule has 1 fully saturated rings. The lowest BCUT2D eigenvalue weighted by Gasteiger charge is -2.16. The minimum Gasteiger partial charge on any atom is -0.394 e. The van der Waals surface area contributed by atoms with Crippen molar-refractivity contribution in [2.45, 2.75) is 24.5 Å². The first kappa shape index (κ1) is 13.4. The molecule has 0 spiro atoms. The number of rotatable bonds is 2. The van der Waals surface area contributed by atoms with E-state index in [-0.39, 0.29) is 5.95 Å². The minimum atomic E-state index is -1.22. The second-order valence-electron chi connectivity index (χ2n) is 4.50. The van der Waals surface area contributed by atoms with Crippen LogP contribution in [-0.2, 0) is 4.74 Å². The summed E-state index contributed by atoms with van der Waals surface area (Å²) in [7, 11) is 0. The number of aromatic nitrogens is 4. The lowest BCUT2D eigenvalue weighted by atomic mass is 10.1. The van der Waals surface area contributed by atoms with Crippen LogP contribution in [0.2, 0.25) is 0 Å². The predicted molar refractivity (Wildman–Crippen MR) is 70.1 cm³/mol. The molecule has 9 nitrogen and oxygen atoms in total. The molecule has 1 unspecified atom stereocenters. The quantitative estimate of drug-likeness (QED) is 0.430. The predicted octanol–water partition coefficient (Wildman–Crippen LogP) is -1.32. The highest BCUT2D eigenvalue weighted by molar-refractivity contribution is 7.71. The fraction of sp³-hybridized carbons (Fsp3) is 0.500. The highest BCUT2D eigenvalue weighted by Crippen LogP contribution is 2.31. The Morgan fingerprint density at radius 1 is 1.45 bits per heavy atom. The number of aliphatic hydroxyl groups is 3. The van der Waals surface area contributed by atoms with Gasteiger partial charge in [0, 0.05) is 0 Å². The van der Waals surface area contributed by atoms with Crippen LogP contribution < -0.4 is 5.73 Å². The number of nitrogen functional groups attached to an aromatic ring is 1. The van der Waals surface area contributed by atoms with E-state index in [2.05, 4.69) is 15.0 Å². The summed E-state index contributed by atoms with van der Waals surface area (Å²) in [6, 6.07) is 0. The van der Waals surface area contributed by atoms with Gasteiger partial charge in [0.1, 0.15) is 28.5 Å². The van der Waals surface area contributed by atoms with Crippen molar-refractivity contribution in [2.24, 2.45) is 0 Å². The molecule has 0 bridgehead atoms.